The lowest BCUT2D eigenvalue weighted by Crippen LogP contribution is -1.85. The number of hydrogen-bond acceptors (Lipinski definition) is 7. The lowest BCUT2D eigenvalue weighted by Gasteiger charge is -2.05. The number of nitrogens with zero attached hydrogens (tertiary/aromatic N) is 2. The first-order chi connectivity index (χ1) is 13.8. The van der Waals surface area contributed by atoms with Gasteiger partial charge < -0.3 is 11.5 Å². The zero-order valence-electron chi connectivity index (χ0n) is 14.2. The molecular formula is C18H10Cl4N4S3. The number of nitrogens with two attached hydrogens (primary N) is 2. The Balaban J connectivity index is 1.76. The molecule has 148 valence electrons. The highest BCUT2D eigenvalue weighted by atomic mass is 35.5. The quantitative estimate of drug-likeness (QED) is 0.287. The Bertz CT molecular complexity index is 1130. The van der Waals surface area contributed by atoms with Crippen LogP contribution in [0.5, 0.6) is 0 Å². The third-order valence-corrected chi connectivity index (χ3v) is 8.39. The Morgan fingerprint density at radius 2 is 1.07 bits per heavy atom. The van der Waals surface area contributed by atoms with E-state index in [0.29, 0.717) is 30.4 Å². The number of halogens is 4. The predicted molar refractivity (Wildman–Crippen MR) is 128 cm³/mol. The Labute approximate surface area is 198 Å². The van der Waals surface area contributed by atoms with Crippen LogP contribution in [0.15, 0.2) is 44.8 Å². The molecule has 0 saturated heterocycles. The van der Waals surface area contributed by atoms with Crippen LogP contribution >= 0.6 is 80.8 Å². The number of thiazole rings is 2. The van der Waals surface area contributed by atoms with E-state index in [0.717, 1.165) is 30.9 Å². The van der Waals surface area contributed by atoms with Crippen LogP contribution in [0.1, 0.15) is 0 Å². The van der Waals surface area contributed by atoms with Crippen molar-refractivity contribution in [3.05, 3.63) is 56.5 Å². The van der Waals surface area contributed by atoms with Gasteiger partial charge in [0.05, 0.1) is 39.9 Å². The Morgan fingerprint density at radius 1 is 0.655 bits per heavy atom. The Hall–Kier alpha value is -1.19. The summed E-state index contributed by atoms with van der Waals surface area (Å²) in [4.78, 5) is 8.94. The fourth-order valence-corrected chi connectivity index (χ4v) is 6.48. The second-order valence-corrected chi connectivity index (χ2v) is 11.0. The van der Waals surface area contributed by atoms with E-state index in [1.165, 1.54) is 34.4 Å². The zero-order chi connectivity index (χ0) is 20.7. The summed E-state index contributed by atoms with van der Waals surface area (Å²) in [6.07, 6.45) is 0. The second-order valence-electron chi connectivity index (χ2n) is 5.74. The number of hydrogen-bond donors (Lipinski definition) is 2. The van der Waals surface area contributed by atoms with Crippen molar-refractivity contribution >= 4 is 91.1 Å². The van der Waals surface area contributed by atoms with E-state index in [4.69, 9.17) is 57.9 Å². The molecule has 0 saturated carbocycles. The molecule has 4 aromatic rings. The molecule has 2 heterocycles. The minimum absolute atomic E-state index is 0.446. The highest BCUT2D eigenvalue weighted by Gasteiger charge is 2.20. The molecule has 0 bridgehead atoms. The Kier molecular flexibility index (Phi) is 6.18. The normalized spacial score (nSPS) is 11.2. The predicted octanol–water partition coefficient (Wildman–Crippen LogP) is 7.86. The molecule has 0 aliphatic carbocycles. The summed E-state index contributed by atoms with van der Waals surface area (Å²) in [7, 11) is 0. The van der Waals surface area contributed by atoms with E-state index in [-0.39, 0.29) is 0 Å². The standard InChI is InChI=1S/C18H10Cl4N4S3/c19-9-3-1-7(5-11(9)21)13-15(28-17(23)25-13)27-16-14(26-18(24)29-16)8-2-4-10(20)12(22)6-8/h1-6H,(H2,23,25)(H2,24,26). The van der Waals surface area contributed by atoms with Crippen molar-refractivity contribution < 1.29 is 0 Å². The molecule has 2 aromatic carbocycles. The number of aromatic nitrogens is 2. The van der Waals surface area contributed by atoms with Gasteiger partial charge in [0.15, 0.2) is 10.3 Å². The maximum Gasteiger partial charge on any atom is 0.181 e. The molecule has 0 fully saturated rings. The summed E-state index contributed by atoms with van der Waals surface area (Å²) in [6, 6.07) is 10.7. The average Bonchev–Trinajstić information content (AvgIpc) is 3.22. The van der Waals surface area contributed by atoms with Crippen LogP contribution < -0.4 is 11.5 Å². The molecule has 2 aromatic heterocycles. The fourth-order valence-electron chi connectivity index (χ4n) is 2.52. The van der Waals surface area contributed by atoms with Crippen molar-refractivity contribution in [2.75, 3.05) is 11.5 Å². The first-order valence-corrected chi connectivity index (χ1v) is 11.9. The van der Waals surface area contributed by atoms with Gasteiger partial charge in [-0.1, -0.05) is 93.0 Å². The molecular weight excluding hydrogens is 510 g/mol. The molecule has 0 radical (unpaired) electrons. The summed E-state index contributed by atoms with van der Waals surface area (Å²) in [5.41, 5.74) is 15.1. The molecule has 0 unspecified atom stereocenters. The maximum absolute atomic E-state index is 6.18. The van der Waals surface area contributed by atoms with Gasteiger partial charge in [-0.2, -0.15) is 0 Å². The van der Waals surface area contributed by atoms with Gasteiger partial charge in [0.25, 0.3) is 0 Å². The van der Waals surface area contributed by atoms with Crippen molar-refractivity contribution in [3.63, 3.8) is 0 Å². The van der Waals surface area contributed by atoms with Crippen molar-refractivity contribution in [2.45, 2.75) is 8.42 Å². The van der Waals surface area contributed by atoms with E-state index in [2.05, 4.69) is 9.97 Å². The zero-order valence-corrected chi connectivity index (χ0v) is 19.7. The van der Waals surface area contributed by atoms with Crippen LogP contribution in [-0.4, -0.2) is 9.97 Å². The minimum Gasteiger partial charge on any atom is -0.375 e. The molecule has 0 atom stereocenters. The van der Waals surface area contributed by atoms with Gasteiger partial charge >= 0.3 is 0 Å². The first kappa shape index (κ1) is 21.1. The van der Waals surface area contributed by atoms with Gasteiger partial charge in [-0.15, -0.1) is 0 Å². The second kappa shape index (κ2) is 8.51. The number of rotatable bonds is 4. The van der Waals surface area contributed by atoms with Gasteiger partial charge in [-0.05, 0) is 24.3 Å². The highest BCUT2D eigenvalue weighted by Crippen LogP contribution is 2.47. The average molecular weight is 520 g/mol. The largest absolute Gasteiger partial charge is 0.375 e. The fraction of sp³-hybridized carbons (Fsp3) is 0. The van der Waals surface area contributed by atoms with E-state index < -0.39 is 0 Å². The number of benzene rings is 2. The smallest absolute Gasteiger partial charge is 0.181 e. The van der Waals surface area contributed by atoms with Gasteiger partial charge in [-0.3, -0.25) is 0 Å². The molecule has 0 spiro atoms. The monoisotopic (exact) mass is 518 g/mol. The Morgan fingerprint density at radius 3 is 1.45 bits per heavy atom. The summed E-state index contributed by atoms with van der Waals surface area (Å²) >= 11 is 28.7. The van der Waals surface area contributed by atoms with Gasteiger partial charge in [0, 0.05) is 11.1 Å². The third-order valence-electron chi connectivity index (χ3n) is 3.80. The van der Waals surface area contributed by atoms with Crippen LogP contribution in [0.3, 0.4) is 0 Å². The maximum atomic E-state index is 6.18. The molecule has 4 nitrogen and oxygen atoms in total. The van der Waals surface area contributed by atoms with E-state index in [1.807, 2.05) is 12.1 Å². The van der Waals surface area contributed by atoms with Crippen LogP contribution in [0.2, 0.25) is 20.1 Å². The topological polar surface area (TPSA) is 77.8 Å². The van der Waals surface area contributed by atoms with Crippen LogP contribution in [-0.2, 0) is 0 Å². The molecule has 11 heteroatoms. The van der Waals surface area contributed by atoms with E-state index in [1.54, 1.807) is 24.3 Å². The summed E-state index contributed by atoms with van der Waals surface area (Å²) < 4.78 is 1.79. The minimum atomic E-state index is 0.446. The molecule has 4 N–H and O–H groups in total. The number of nitrogen functional groups attached to an aromatic ring is 2. The van der Waals surface area contributed by atoms with Gasteiger partial charge in [0.1, 0.15) is 0 Å². The van der Waals surface area contributed by atoms with Gasteiger partial charge in [-0.25, -0.2) is 9.97 Å². The molecule has 29 heavy (non-hydrogen) atoms. The summed E-state index contributed by atoms with van der Waals surface area (Å²) in [5.74, 6) is 0. The van der Waals surface area contributed by atoms with Gasteiger partial charge in [0.2, 0.25) is 0 Å². The molecule has 0 amide bonds. The number of anilines is 2. The van der Waals surface area contributed by atoms with Crippen molar-refractivity contribution in [3.8, 4) is 22.5 Å². The highest BCUT2D eigenvalue weighted by molar-refractivity contribution is 8.03. The SMILES string of the molecule is Nc1nc(-c2ccc(Cl)c(Cl)c2)c(Sc2sc(N)nc2-c2ccc(Cl)c(Cl)c2)s1. The van der Waals surface area contributed by atoms with Crippen molar-refractivity contribution in [1.82, 2.24) is 9.97 Å². The molecule has 4 rings (SSSR count). The molecule has 0 aliphatic heterocycles. The lowest BCUT2D eigenvalue weighted by molar-refractivity contribution is 1.35. The van der Waals surface area contributed by atoms with Crippen molar-refractivity contribution in [2.24, 2.45) is 0 Å². The van der Waals surface area contributed by atoms with Crippen LogP contribution in [0.25, 0.3) is 22.5 Å². The lowest BCUT2D eigenvalue weighted by atomic mass is 10.2. The van der Waals surface area contributed by atoms with Crippen LogP contribution in [0.4, 0.5) is 10.3 Å². The molecule has 0 aliphatic rings. The van der Waals surface area contributed by atoms with Crippen LogP contribution in [0, 0.1) is 0 Å². The van der Waals surface area contributed by atoms with Crippen molar-refractivity contribution in [1.29, 1.82) is 0 Å². The summed E-state index contributed by atoms with van der Waals surface area (Å²) in [5, 5.41) is 2.75. The summed E-state index contributed by atoms with van der Waals surface area (Å²) in [6.45, 7) is 0. The third kappa shape index (κ3) is 4.46. The van der Waals surface area contributed by atoms with E-state index >= 15 is 0 Å². The van der Waals surface area contributed by atoms with E-state index in [9.17, 15) is 0 Å². The first-order valence-electron chi connectivity index (χ1n) is 7.93.